The molecule has 0 saturated heterocycles. The molecule has 1 N–H and O–H groups in total. The van der Waals surface area contributed by atoms with Crippen LogP contribution < -0.4 is 14.9 Å². The molecule has 0 fully saturated rings. The van der Waals surface area contributed by atoms with Crippen molar-refractivity contribution in [3.8, 4) is 11.5 Å². The van der Waals surface area contributed by atoms with Crippen LogP contribution in [0.3, 0.4) is 0 Å². The molecule has 0 aromatic heterocycles. The number of hydrogen-bond acceptors (Lipinski definition) is 5. The molecule has 0 unspecified atom stereocenters. The van der Waals surface area contributed by atoms with Crippen LogP contribution in [0.5, 0.6) is 11.5 Å². The van der Waals surface area contributed by atoms with Gasteiger partial charge in [0.1, 0.15) is 11.5 Å². The molecule has 6 nitrogen and oxygen atoms in total. The summed E-state index contributed by atoms with van der Waals surface area (Å²) in [6.07, 6.45) is 1.57. The van der Waals surface area contributed by atoms with Crippen molar-refractivity contribution in [2.45, 2.75) is 6.61 Å². The summed E-state index contributed by atoms with van der Waals surface area (Å²) in [5.41, 5.74) is 4.70. The number of rotatable bonds is 7. The standard InChI is InChI=1S/C18H20N2O4/c1-22-12-15-9-13(7-8-17(15)24-3)11-19-20-18(21)14-5-4-6-16(10-14)23-2/h4-11H,12H2,1-3H3,(H,20,21). The second kappa shape index (κ2) is 8.69. The highest BCUT2D eigenvalue weighted by molar-refractivity contribution is 5.95. The van der Waals surface area contributed by atoms with Crippen molar-refractivity contribution in [3.63, 3.8) is 0 Å². The zero-order valence-corrected chi connectivity index (χ0v) is 13.9. The minimum absolute atomic E-state index is 0.309. The smallest absolute Gasteiger partial charge is 0.271 e. The van der Waals surface area contributed by atoms with E-state index in [1.54, 1.807) is 51.8 Å². The lowest BCUT2D eigenvalue weighted by Gasteiger charge is -2.08. The highest BCUT2D eigenvalue weighted by Gasteiger charge is 2.06. The summed E-state index contributed by atoms with van der Waals surface area (Å²) in [4.78, 5) is 12.1. The molecular formula is C18H20N2O4. The molecule has 0 aliphatic heterocycles. The number of hydrazone groups is 1. The summed E-state index contributed by atoms with van der Waals surface area (Å²) in [5, 5.41) is 3.98. The third-order valence-electron chi connectivity index (χ3n) is 3.32. The molecule has 0 atom stereocenters. The molecule has 6 heteroatoms. The average Bonchev–Trinajstić information content (AvgIpc) is 2.62. The maximum absolute atomic E-state index is 12.1. The number of nitrogens with zero attached hydrogens (tertiary/aromatic N) is 1. The first-order chi connectivity index (χ1) is 11.7. The lowest BCUT2D eigenvalue weighted by molar-refractivity contribution is 0.0955. The minimum Gasteiger partial charge on any atom is -0.497 e. The van der Waals surface area contributed by atoms with Crippen molar-refractivity contribution >= 4 is 12.1 Å². The Labute approximate surface area is 141 Å². The van der Waals surface area contributed by atoms with Gasteiger partial charge in [-0.1, -0.05) is 6.07 Å². The van der Waals surface area contributed by atoms with E-state index in [0.717, 1.165) is 16.9 Å². The Morgan fingerprint density at radius 3 is 2.67 bits per heavy atom. The van der Waals surface area contributed by atoms with Crippen LogP contribution in [0.4, 0.5) is 0 Å². The summed E-state index contributed by atoms with van der Waals surface area (Å²) in [7, 11) is 4.78. The van der Waals surface area contributed by atoms with Gasteiger partial charge >= 0.3 is 0 Å². The van der Waals surface area contributed by atoms with E-state index in [2.05, 4.69) is 10.5 Å². The number of carbonyl (C=O) groups excluding carboxylic acids is 1. The fourth-order valence-corrected chi connectivity index (χ4v) is 2.14. The van der Waals surface area contributed by atoms with E-state index in [1.165, 1.54) is 0 Å². The summed E-state index contributed by atoms with van der Waals surface area (Å²) in [5.74, 6) is 1.05. The number of amides is 1. The molecule has 1 amide bonds. The summed E-state index contributed by atoms with van der Waals surface area (Å²) >= 11 is 0. The molecule has 2 aromatic carbocycles. The maximum Gasteiger partial charge on any atom is 0.271 e. The van der Waals surface area contributed by atoms with Gasteiger partial charge in [0, 0.05) is 18.2 Å². The van der Waals surface area contributed by atoms with E-state index in [-0.39, 0.29) is 5.91 Å². The molecule has 0 heterocycles. The Morgan fingerprint density at radius 1 is 1.12 bits per heavy atom. The maximum atomic E-state index is 12.1. The number of methoxy groups -OCH3 is 3. The largest absolute Gasteiger partial charge is 0.497 e. The van der Waals surface area contributed by atoms with Crippen molar-refractivity contribution in [2.75, 3.05) is 21.3 Å². The first-order valence-corrected chi connectivity index (χ1v) is 7.31. The Balaban J connectivity index is 2.05. The normalized spacial score (nSPS) is 10.6. The minimum atomic E-state index is -0.309. The Bertz CT molecular complexity index is 729. The molecule has 0 bridgehead atoms. The third kappa shape index (κ3) is 4.57. The first-order valence-electron chi connectivity index (χ1n) is 7.31. The van der Waals surface area contributed by atoms with Crippen molar-refractivity contribution in [3.05, 3.63) is 59.2 Å². The number of benzene rings is 2. The molecular weight excluding hydrogens is 308 g/mol. The molecule has 0 radical (unpaired) electrons. The van der Waals surface area contributed by atoms with Gasteiger partial charge in [0.25, 0.3) is 5.91 Å². The predicted octanol–water partition coefficient (Wildman–Crippen LogP) is 2.61. The van der Waals surface area contributed by atoms with E-state index in [9.17, 15) is 4.79 Å². The van der Waals surface area contributed by atoms with Crippen molar-refractivity contribution in [2.24, 2.45) is 5.10 Å². The second-order valence-electron chi connectivity index (χ2n) is 4.94. The number of nitrogens with one attached hydrogen (secondary N) is 1. The average molecular weight is 328 g/mol. The van der Waals surface area contributed by atoms with Crippen LogP contribution in [0.15, 0.2) is 47.6 Å². The van der Waals surface area contributed by atoms with Gasteiger partial charge in [-0.2, -0.15) is 5.10 Å². The lowest BCUT2D eigenvalue weighted by Crippen LogP contribution is -2.17. The first kappa shape index (κ1) is 17.5. The van der Waals surface area contributed by atoms with Gasteiger partial charge in [-0.15, -0.1) is 0 Å². The van der Waals surface area contributed by atoms with Crippen molar-refractivity contribution < 1.29 is 19.0 Å². The van der Waals surface area contributed by atoms with Gasteiger partial charge in [-0.25, -0.2) is 5.43 Å². The van der Waals surface area contributed by atoms with Crippen LogP contribution in [0.1, 0.15) is 21.5 Å². The number of hydrogen-bond donors (Lipinski definition) is 1. The van der Waals surface area contributed by atoms with Crippen LogP contribution >= 0.6 is 0 Å². The quantitative estimate of drug-likeness (QED) is 0.626. The molecule has 2 aromatic rings. The van der Waals surface area contributed by atoms with Crippen molar-refractivity contribution in [1.29, 1.82) is 0 Å². The van der Waals surface area contributed by atoms with Gasteiger partial charge < -0.3 is 14.2 Å². The SMILES string of the molecule is COCc1cc(C=NNC(=O)c2cccc(OC)c2)ccc1OC. The zero-order chi connectivity index (χ0) is 17.4. The summed E-state index contributed by atoms with van der Waals surface area (Å²) in [6.45, 7) is 0.432. The van der Waals surface area contributed by atoms with Gasteiger partial charge in [-0.05, 0) is 42.0 Å². The molecule has 0 aliphatic rings. The Morgan fingerprint density at radius 2 is 1.96 bits per heavy atom. The fourth-order valence-electron chi connectivity index (χ4n) is 2.14. The Kier molecular flexibility index (Phi) is 6.33. The third-order valence-corrected chi connectivity index (χ3v) is 3.32. The number of carbonyl (C=O) groups is 1. The van der Waals surface area contributed by atoms with Crippen LogP contribution in [-0.4, -0.2) is 33.5 Å². The zero-order valence-electron chi connectivity index (χ0n) is 13.9. The monoisotopic (exact) mass is 328 g/mol. The van der Waals surface area contributed by atoms with E-state index in [0.29, 0.717) is 17.9 Å². The topological polar surface area (TPSA) is 69.2 Å². The van der Waals surface area contributed by atoms with Gasteiger partial charge in [0.2, 0.25) is 0 Å². The number of ether oxygens (including phenoxy) is 3. The van der Waals surface area contributed by atoms with Gasteiger partial charge in [0.05, 0.1) is 27.0 Å². The predicted molar refractivity (Wildman–Crippen MR) is 91.8 cm³/mol. The molecule has 24 heavy (non-hydrogen) atoms. The van der Waals surface area contributed by atoms with Crippen LogP contribution in [0.2, 0.25) is 0 Å². The molecule has 126 valence electrons. The van der Waals surface area contributed by atoms with E-state index in [4.69, 9.17) is 14.2 Å². The molecule has 0 spiro atoms. The molecule has 2 rings (SSSR count). The highest BCUT2D eigenvalue weighted by Crippen LogP contribution is 2.20. The van der Waals surface area contributed by atoms with E-state index >= 15 is 0 Å². The van der Waals surface area contributed by atoms with Gasteiger partial charge in [-0.3, -0.25) is 4.79 Å². The summed E-state index contributed by atoms with van der Waals surface area (Å²) in [6, 6.07) is 12.4. The van der Waals surface area contributed by atoms with Crippen LogP contribution in [-0.2, 0) is 11.3 Å². The molecule has 0 saturated carbocycles. The fraction of sp³-hybridized carbons (Fsp3) is 0.222. The lowest BCUT2D eigenvalue weighted by atomic mass is 10.1. The summed E-state index contributed by atoms with van der Waals surface area (Å²) < 4.78 is 15.5. The highest BCUT2D eigenvalue weighted by atomic mass is 16.5. The van der Waals surface area contributed by atoms with Crippen LogP contribution in [0, 0.1) is 0 Å². The Hall–Kier alpha value is -2.86. The van der Waals surface area contributed by atoms with Gasteiger partial charge in [0.15, 0.2) is 0 Å². The van der Waals surface area contributed by atoms with Crippen LogP contribution in [0.25, 0.3) is 0 Å². The molecule has 0 aliphatic carbocycles. The second-order valence-corrected chi connectivity index (χ2v) is 4.94. The van der Waals surface area contributed by atoms with E-state index < -0.39 is 0 Å². The van der Waals surface area contributed by atoms with E-state index in [1.807, 2.05) is 18.2 Å². The van der Waals surface area contributed by atoms with Crippen molar-refractivity contribution in [1.82, 2.24) is 5.43 Å².